The standard InChI is InChI=1S/C30H34BrN3O6S/c1-7-39-27(35)24-17(3)33-30(4,26(28(36)40-8-2)25(24)18-12-10-9-11-13-18)34-29-32-21(16-41-29)19-14-20(31)23(38-6)15-22(19)37-5/h9-16,25-26,33H,7-8H2,1-6H3,(H,32,34). The fourth-order valence-corrected chi connectivity index (χ4v) is 6.56. The van der Waals surface area contributed by atoms with Crippen LogP contribution in [0.3, 0.4) is 0 Å². The summed E-state index contributed by atoms with van der Waals surface area (Å²) < 4.78 is 22.8. The van der Waals surface area contributed by atoms with E-state index in [4.69, 9.17) is 23.9 Å². The van der Waals surface area contributed by atoms with Gasteiger partial charge in [0.1, 0.15) is 23.1 Å². The fraction of sp³-hybridized carbons (Fsp3) is 0.367. The van der Waals surface area contributed by atoms with E-state index in [1.807, 2.05) is 55.6 Å². The minimum Gasteiger partial charge on any atom is -0.496 e. The van der Waals surface area contributed by atoms with Crippen molar-refractivity contribution in [3.05, 3.63) is 69.2 Å². The van der Waals surface area contributed by atoms with Crippen molar-refractivity contribution in [1.29, 1.82) is 0 Å². The zero-order valence-electron chi connectivity index (χ0n) is 23.9. The third kappa shape index (κ3) is 6.20. The van der Waals surface area contributed by atoms with Crippen molar-refractivity contribution in [1.82, 2.24) is 10.3 Å². The second-order valence-electron chi connectivity index (χ2n) is 9.55. The number of ether oxygens (including phenoxy) is 4. The van der Waals surface area contributed by atoms with Crippen molar-refractivity contribution >= 4 is 44.3 Å². The molecule has 11 heteroatoms. The van der Waals surface area contributed by atoms with E-state index in [1.54, 1.807) is 34.1 Å². The lowest BCUT2D eigenvalue weighted by Crippen LogP contribution is -2.62. The highest BCUT2D eigenvalue weighted by Crippen LogP contribution is 2.46. The highest BCUT2D eigenvalue weighted by molar-refractivity contribution is 9.10. The summed E-state index contributed by atoms with van der Waals surface area (Å²) >= 11 is 4.93. The number of anilines is 1. The number of hydrogen-bond donors (Lipinski definition) is 2. The summed E-state index contributed by atoms with van der Waals surface area (Å²) in [6, 6.07) is 13.2. The van der Waals surface area contributed by atoms with Gasteiger partial charge in [0.25, 0.3) is 0 Å². The summed E-state index contributed by atoms with van der Waals surface area (Å²) in [6.45, 7) is 7.61. The summed E-state index contributed by atoms with van der Waals surface area (Å²) in [6.07, 6.45) is 0. The topological polar surface area (TPSA) is 108 Å². The number of rotatable bonds is 10. The Balaban J connectivity index is 1.80. The molecule has 3 unspecified atom stereocenters. The molecule has 3 atom stereocenters. The number of thiazole rings is 1. The van der Waals surface area contributed by atoms with E-state index < -0.39 is 29.4 Å². The molecule has 3 aromatic rings. The molecule has 218 valence electrons. The number of halogens is 1. The van der Waals surface area contributed by atoms with Gasteiger partial charge in [0.05, 0.1) is 43.2 Å². The molecule has 0 saturated heterocycles. The number of carbonyl (C=O) groups excluding carboxylic acids is 2. The lowest BCUT2D eigenvalue weighted by molar-refractivity contribution is -0.152. The van der Waals surface area contributed by atoms with Crippen LogP contribution in [0.1, 0.15) is 39.2 Å². The highest BCUT2D eigenvalue weighted by Gasteiger charge is 2.53. The smallest absolute Gasteiger partial charge is 0.336 e. The number of esters is 2. The fourth-order valence-electron chi connectivity index (χ4n) is 5.23. The van der Waals surface area contributed by atoms with Crippen molar-refractivity contribution in [3.8, 4) is 22.8 Å². The third-order valence-electron chi connectivity index (χ3n) is 6.93. The zero-order chi connectivity index (χ0) is 29.7. The van der Waals surface area contributed by atoms with Crippen LogP contribution >= 0.6 is 27.3 Å². The Morgan fingerprint density at radius 1 is 1.07 bits per heavy atom. The van der Waals surface area contributed by atoms with E-state index in [1.165, 1.54) is 11.3 Å². The van der Waals surface area contributed by atoms with E-state index in [9.17, 15) is 9.59 Å². The van der Waals surface area contributed by atoms with Crippen LogP contribution in [0.5, 0.6) is 11.5 Å². The Bertz CT molecular complexity index is 1440. The zero-order valence-corrected chi connectivity index (χ0v) is 26.3. The van der Waals surface area contributed by atoms with Gasteiger partial charge < -0.3 is 29.6 Å². The molecule has 2 aromatic carbocycles. The minimum atomic E-state index is -1.08. The Hall–Kier alpha value is -3.57. The van der Waals surface area contributed by atoms with Crippen molar-refractivity contribution in [2.75, 3.05) is 32.8 Å². The van der Waals surface area contributed by atoms with Crippen LogP contribution in [0.25, 0.3) is 11.3 Å². The van der Waals surface area contributed by atoms with E-state index in [2.05, 4.69) is 26.6 Å². The van der Waals surface area contributed by atoms with Gasteiger partial charge in [0.2, 0.25) is 0 Å². The van der Waals surface area contributed by atoms with Gasteiger partial charge in [-0.2, -0.15) is 0 Å². The predicted molar refractivity (Wildman–Crippen MR) is 162 cm³/mol. The van der Waals surface area contributed by atoms with Crippen molar-refractivity contribution in [2.45, 2.75) is 39.3 Å². The molecule has 0 fully saturated rings. The van der Waals surface area contributed by atoms with Crippen LogP contribution in [0.15, 0.2) is 63.6 Å². The van der Waals surface area contributed by atoms with E-state index in [-0.39, 0.29) is 13.2 Å². The molecule has 9 nitrogen and oxygen atoms in total. The molecule has 0 amide bonds. The Morgan fingerprint density at radius 3 is 2.39 bits per heavy atom. The second-order valence-corrected chi connectivity index (χ2v) is 11.3. The Kier molecular flexibility index (Phi) is 9.60. The number of methoxy groups -OCH3 is 2. The minimum absolute atomic E-state index is 0.192. The van der Waals surface area contributed by atoms with Crippen LogP contribution in [0, 0.1) is 5.92 Å². The maximum absolute atomic E-state index is 13.7. The first-order valence-electron chi connectivity index (χ1n) is 13.2. The number of aromatic nitrogens is 1. The summed E-state index contributed by atoms with van der Waals surface area (Å²) in [5.41, 5.74) is 2.18. The van der Waals surface area contributed by atoms with Crippen LogP contribution in [-0.2, 0) is 19.1 Å². The van der Waals surface area contributed by atoms with Crippen LogP contribution in [-0.4, -0.2) is 50.0 Å². The van der Waals surface area contributed by atoms with Gasteiger partial charge >= 0.3 is 11.9 Å². The summed E-state index contributed by atoms with van der Waals surface area (Å²) in [7, 11) is 3.18. The molecule has 2 N–H and O–H groups in total. The molecule has 0 spiro atoms. The van der Waals surface area contributed by atoms with Crippen LogP contribution < -0.4 is 20.1 Å². The number of nitrogens with zero attached hydrogens (tertiary/aromatic N) is 1. The molecular weight excluding hydrogens is 610 g/mol. The molecule has 0 radical (unpaired) electrons. The van der Waals surface area contributed by atoms with E-state index in [0.29, 0.717) is 33.6 Å². The van der Waals surface area contributed by atoms with Gasteiger partial charge in [-0.1, -0.05) is 30.3 Å². The summed E-state index contributed by atoms with van der Waals surface area (Å²) in [5, 5.41) is 9.34. The van der Waals surface area contributed by atoms with Crippen LogP contribution in [0.4, 0.5) is 5.13 Å². The lowest BCUT2D eigenvalue weighted by Gasteiger charge is -2.46. The van der Waals surface area contributed by atoms with Crippen LogP contribution in [0.2, 0.25) is 0 Å². The Morgan fingerprint density at radius 2 is 1.76 bits per heavy atom. The highest BCUT2D eigenvalue weighted by atomic mass is 79.9. The Labute approximate surface area is 252 Å². The predicted octanol–water partition coefficient (Wildman–Crippen LogP) is 6.12. The molecule has 4 rings (SSSR count). The number of allylic oxidation sites excluding steroid dienone is 1. The van der Waals surface area contributed by atoms with Crippen molar-refractivity contribution in [2.24, 2.45) is 5.92 Å². The van der Waals surface area contributed by atoms with Crippen molar-refractivity contribution < 1.29 is 28.5 Å². The molecule has 2 heterocycles. The van der Waals surface area contributed by atoms with Gasteiger partial charge in [-0.3, -0.25) is 4.79 Å². The molecular formula is C30H34BrN3O6S. The molecule has 1 aliphatic rings. The molecule has 1 aliphatic heterocycles. The van der Waals surface area contributed by atoms with Gasteiger partial charge in [0, 0.05) is 28.6 Å². The van der Waals surface area contributed by atoms with Gasteiger partial charge in [0.15, 0.2) is 5.13 Å². The largest absolute Gasteiger partial charge is 0.496 e. The normalized spacial score (nSPS) is 20.2. The molecule has 0 bridgehead atoms. The SMILES string of the molecule is CCOC(=O)C1=C(C)NC(C)(Nc2nc(-c3cc(Br)c(OC)cc3OC)cs2)C(C(=O)OCC)C1c1ccccc1. The number of nitrogens with one attached hydrogen (secondary N) is 2. The maximum Gasteiger partial charge on any atom is 0.336 e. The first kappa shape index (κ1) is 30.4. The maximum atomic E-state index is 13.7. The summed E-state index contributed by atoms with van der Waals surface area (Å²) in [4.78, 5) is 31.8. The molecule has 0 saturated carbocycles. The second kappa shape index (κ2) is 12.9. The number of benzene rings is 2. The summed E-state index contributed by atoms with van der Waals surface area (Å²) in [5.74, 6) is -1.15. The number of carbonyl (C=O) groups is 2. The van der Waals surface area contributed by atoms with E-state index in [0.717, 1.165) is 15.6 Å². The average Bonchev–Trinajstić information content (AvgIpc) is 3.40. The molecule has 0 aliphatic carbocycles. The first-order valence-corrected chi connectivity index (χ1v) is 14.9. The van der Waals surface area contributed by atoms with Gasteiger partial charge in [-0.25, -0.2) is 9.78 Å². The average molecular weight is 645 g/mol. The number of hydrogen-bond acceptors (Lipinski definition) is 10. The third-order valence-corrected chi connectivity index (χ3v) is 8.31. The van der Waals surface area contributed by atoms with E-state index >= 15 is 0 Å². The quantitative estimate of drug-likeness (QED) is 0.253. The monoisotopic (exact) mass is 643 g/mol. The van der Waals surface area contributed by atoms with Gasteiger partial charge in [-0.15, -0.1) is 11.3 Å². The van der Waals surface area contributed by atoms with Gasteiger partial charge in [-0.05, 0) is 55.3 Å². The van der Waals surface area contributed by atoms with Crippen molar-refractivity contribution in [3.63, 3.8) is 0 Å². The molecule has 41 heavy (non-hydrogen) atoms. The lowest BCUT2D eigenvalue weighted by atomic mass is 9.71. The molecule has 1 aromatic heterocycles. The first-order chi connectivity index (χ1) is 19.7.